The highest BCUT2D eigenvalue weighted by molar-refractivity contribution is 5.91. The summed E-state index contributed by atoms with van der Waals surface area (Å²) in [5.41, 5.74) is 2.02. The highest BCUT2D eigenvalue weighted by Crippen LogP contribution is 2.15. The summed E-state index contributed by atoms with van der Waals surface area (Å²) in [5.74, 6) is 1.52. The van der Waals surface area contributed by atoms with Crippen molar-refractivity contribution in [2.75, 3.05) is 6.61 Å². The third-order valence-corrected chi connectivity index (χ3v) is 4.06. The van der Waals surface area contributed by atoms with Crippen LogP contribution in [0.15, 0.2) is 83.5 Å². The molecule has 0 N–H and O–H groups in total. The van der Waals surface area contributed by atoms with E-state index in [1.165, 1.54) is 0 Å². The van der Waals surface area contributed by atoms with E-state index in [-0.39, 0.29) is 5.91 Å². The number of amides is 1. The molecular weight excluding hydrogens is 338 g/mol. The first-order chi connectivity index (χ1) is 13.2. The zero-order valence-corrected chi connectivity index (χ0v) is 15.4. The van der Waals surface area contributed by atoms with E-state index in [1.807, 2.05) is 79.7 Å². The van der Waals surface area contributed by atoms with Gasteiger partial charge in [-0.3, -0.25) is 4.79 Å². The van der Waals surface area contributed by atoms with Crippen molar-refractivity contribution in [1.29, 1.82) is 0 Å². The Bertz CT molecular complexity index is 852. The van der Waals surface area contributed by atoms with Crippen LogP contribution >= 0.6 is 0 Å². The highest BCUT2D eigenvalue weighted by Gasteiger charge is 2.13. The summed E-state index contributed by atoms with van der Waals surface area (Å²) >= 11 is 0. The SMILES string of the molecule is CCOc1ccc(/C=C/C(=O)N(Cc2ccccc2)Cc2ccco2)cc1. The maximum atomic E-state index is 12.8. The van der Waals surface area contributed by atoms with Crippen LogP contribution in [0, 0.1) is 0 Å². The fourth-order valence-corrected chi connectivity index (χ4v) is 2.72. The molecule has 0 bridgehead atoms. The Morgan fingerprint density at radius 2 is 1.78 bits per heavy atom. The molecule has 0 saturated heterocycles. The van der Waals surface area contributed by atoms with Crippen LogP contribution in [0.5, 0.6) is 5.75 Å². The van der Waals surface area contributed by atoms with Gasteiger partial charge in [0.05, 0.1) is 19.4 Å². The molecule has 138 valence electrons. The minimum atomic E-state index is -0.0656. The van der Waals surface area contributed by atoms with Gasteiger partial charge in [0.15, 0.2) is 0 Å². The molecule has 2 aromatic carbocycles. The molecule has 4 nitrogen and oxygen atoms in total. The van der Waals surface area contributed by atoms with Crippen LogP contribution in [0.4, 0.5) is 0 Å². The molecule has 1 aromatic heterocycles. The average molecular weight is 361 g/mol. The number of carbonyl (C=O) groups excluding carboxylic acids is 1. The first-order valence-corrected chi connectivity index (χ1v) is 9.01. The van der Waals surface area contributed by atoms with E-state index in [2.05, 4.69) is 0 Å². The fourth-order valence-electron chi connectivity index (χ4n) is 2.72. The average Bonchev–Trinajstić information content (AvgIpc) is 3.21. The number of carbonyl (C=O) groups is 1. The van der Waals surface area contributed by atoms with Crippen molar-refractivity contribution in [3.05, 3.63) is 96.0 Å². The van der Waals surface area contributed by atoms with E-state index in [0.717, 1.165) is 22.6 Å². The van der Waals surface area contributed by atoms with Gasteiger partial charge in [0, 0.05) is 12.6 Å². The predicted molar refractivity (Wildman–Crippen MR) is 106 cm³/mol. The Hall–Kier alpha value is -3.27. The number of furan rings is 1. The van der Waals surface area contributed by atoms with Gasteiger partial charge in [-0.25, -0.2) is 0 Å². The number of ether oxygens (including phenoxy) is 1. The van der Waals surface area contributed by atoms with Crippen molar-refractivity contribution in [2.45, 2.75) is 20.0 Å². The smallest absolute Gasteiger partial charge is 0.247 e. The van der Waals surface area contributed by atoms with E-state index in [9.17, 15) is 4.79 Å². The van der Waals surface area contributed by atoms with E-state index >= 15 is 0 Å². The zero-order chi connectivity index (χ0) is 18.9. The molecule has 0 fully saturated rings. The second kappa shape index (κ2) is 9.43. The number of rotatable bonds is 8. The van der Waals surface area contributed by atoms with Crippen molar-refractivity contribution in [3.8, 4) is 5.75 Å². The molecule has 0 saturated carbocycles. The Morgan fingerprint density at radius 3 is 2.44 bits per heavy atom. The topological polar surface area (TPSA) is 42.7 Å². The Balaban J connectivity index is 1.71. The normalized spacial score (nSPS) is 10.9. The van der Waals surface area contributed by atoms with Gasteiger partial charge >= 0.3 is 0 Å². The lowest BCUT2D eigenvalue weighted by atomic mass is 10.2. The molecular formula is C23H23NO3. The largest absolute Gasteiger partial charge is 0.494 e. The molecule has 0 spiro atoms. The molecule has 0 aliphatic rings. The molecule has 3 aromatic rings. The summed E-state index contributed by atoms with van der Waals surface area (Å²) in [6.07, 6.45) is 5.04. The minimum Gasteiger partial charge on any atom is -0.494 e. The number of benzene rings is 2. The van der Waals surface area contributed by atoms with Gasteiger partial charge in [-0.2, -0.15) is 0 Å². The molecule has 3 rings (SSSR count). The van der Waals surface area contributed by atoms with Crippen molar-refractivity contribution >= 4 is 12.0 Å². The van der Waals surface area contributed by atoms with Crippen molar-refractivity contribution in [3.63, 3.8) is 0 Å². The summed E-state index contributed by atoms with van der Waals surface area (Å²) in [7, 11) is 0. The number of hydrogen-bond donors (Lipinski definition) is 0. The zero-order valence-electron chi connectivity index (χ0n) is 15.4. The first kappa shape index (κ1) is 18.5. The van der Waals surface area contributed by atoms with Gasteiger partial charge in [-0.15, -0.1) is 0 Å². The monoisotopic (exact) mass is 361 g/mol. The molecule has 0 unspecified atom stereocenters. The van der Waals surface area contributed by atoms with E-state index < -0.39 is 0 Å². The minimum absolute atomic E-state index is 0.0656. The summed E-state index contributed by atoms with van der Waals surface area (Å²) in [6, 6.07) is 21.3. The van der Waals surface area contributed by atoms with Crippen LogP contribution in [-0.2, 0) is 17.9 Å². The molecule has 0 radical (unpaired) electrons. The maximum Gasteiger partial charge on any atom is 0.247 e. The number of hydrogen-bond acceptors (Lipinski definition) is 3. The molecule has 1 amide bonds. The van der Waals surface area contributed by atoms with Crippen LogP contribution in [-0.4, -0.2) is 17.4 Å². The van der Waals surface area contributed by atoms with Crippen LogP contribution in [0.25, 0.3) is 6.08 Å². The summed E-state index contributed by atoms with van der Waals surface area (Å²) in [6.45, 7) is 3.53. The molecule has 27 heavy (non-hydrogen) atoms. The third kappa shape index (κ3) is 5.61. The Labute approximate surface area is 159 Å². The third-order valence-electron chi connectivity index (χ3n) is 4.06. The fraction of sp³-hybridized carbons (Fsp3) is 0.174. The van der Waals surface area contributed by atoms with Gasteiger partial charge in [0.25, 0.3) is 0 Å². The molecule has 0 aliphatic heterocycles. The summed E-state index contributed by atoms with van der Waals surface area (Å²) < 4.78 is 10.9. The molecule has 4 heteroatoms. The second-order valence-electron chi connectivity index (χ2n) is 6.09. The standard InChI is InChI=1S/C23H23NO3/c1-2-26-21-13-10-19(11-14-21)12-15-23(25)24(18-22-9-6-16-27-22)17-20-7-4-3-5-8-20/h3-16H,2,17-18H2,1H3/b15-12+. The Morgan fingerprint density at radius 1 is 1.00 bits per heavy atom. The highest BCUT2D eigenvalue weighted by atomic mass is 16.5. The maximum absolute atomic E-state index is 12.8. The lowest BCUT2D eigenvalue weighted by Gasteiger charge is -2.20. The molecule has 0 atom stereocenters. The first-order valence-electron chi connectivity index (χ1n) is 9.01. The van der Waals surface area contributed by atoms with Crippen molar-refractivity contribution < 1.29 is 13.9 Å². The van der Waals surface area contributed by atoms with Crippen molar-refractivity contribution in [1.82, 2.24) is 4.90 Å². The summed E-state index contributed by atoms with van der Waals surface area (Å²) in [5, 5.41) is 0. The van der Waals surface area contributed by atoms with E-state index in [4.69, 9.17) is 9.15 Å². The second-order valence-corrected chi connectivity index (χ2v) is 6.09. The quantitative estimate of drug-likeness (QED) is 0.535. The van der Waals surface area contributed by atoms with Gasteiger partial charge in [-0.05, 0) is 48.4 Å². The number of nitrogens with zero attached hydrogens (tertiary/aromatic N) is 1. The lowest BCUT2D eigenvalue weighted by molar-refractivity contribution is -0.127. The van der Waals surface area contributed by atoms with Gasteiger partial charge in [0.1, 0.15) is 11.5 Å². The van der Waals surface area contributed by atoms with Gasteiger partial charge in [0.2, 0.25) is 5.91 Å². The summed E-state index contributed by atoms with van der Waals surface area (Å²) in [4.78, 5) is 14.6. The van der Waals surface area contributed by atoms with Gasteiger partial charge in [-0.1, -0.05) is 42.5 Å². The van der Waals surface area contributed by atoms with E-state index in [1.54, 1.807) is 17.2 Å². The van der Waals surface area contributed by atoms with E-state index in [0.29, 0.717) is 19.7 Å². The van der Waals surface area contributed by atoms with Crippen molar-refractivity contribution in [2.24, 2.45) is 0 Å². The van der Waals surface area contributed by atoms with Crippen LogP contribution in [0.3, 0.4) is 0 Å². The Kier molecular flexibility index (Phi) is 6.47. The van der Waals surface area contributed by atoms with Crippen LogP contribution in [0.1, 0.15) is 23.8 Å². The van der Waals surface area contributed by atoms with Crippen LogP contribution < -0.4 is 4.74 Å². The van der Waals surface area contributed by atoms with Crippen LogP contribution in [0.2, 0.25) is 0 Å². The molecule has 1 heterocycles. The predicted octanol–water partition coefficient (Wildman–Crippen LogP) is 4.92. The molecule has 0 aliphatic carbocycles. The van der Waals surface area contributed by atoms with Gasteiger partial charge < -0.3 is 14.1 Å². The lowest BCUT2D eigenvalue weighted by Crippen LogP contribution is -2.28.